The Balaban J connectivity index is 2.42. The van der Waals surface area contributed by atoms with Crippen LogP contribution in [-0.2, 0) is 6.42 Å². The Bertz CT molecular complexity index is 314. The van der Waals surface area contributed by atoms with Crippen LogP contribution in [0.5, 0.6) is 0 Å². The van der Waals surface area contributed by atoms with Crippen molar-refractivity contribution in [2.45, 2.75) is 47.5 Å². The highest BCUT2D eigenvalue weighted by Crippen LogP contribution is 2.25. The Kier molecular flexibility index (Phi) is 4.71. The van der Waals surface area contributed by atoms with E-state index in [-0.39, 0.29) is 0 Å². The fourth-order valence-corrected chi connectivity index (χ4v) is 1.82. The summed E-state index contributed by atoms with van der Waals surface area (Å²) in [7, 11) is 0. The van der Waals surface area contributed by atoms with E-state index in [2.05, 4.69) is 49.3 Å². The van der Waals surface area contributed by atoms with Gasteiger partial charge in [-0.2, -0.15) is 4.37 Å². The van der Waals surface area contributed by atoms with Gasteiger partial charge in [-0.25, -0.2) is 4.98 Å². The number of nitrogens with one attached hydrogen (secondary N) is 1. The Morgan fingerprint density at radius 1 is 1.38 bits per heavy atom. The number of nitrogens with zero attached hydrogens (tertiary/aromatic N) is 2. The standard InChI is InChI=1S/C12H23N3S/c1-6-7-10-14-11(16-15-10)13-8-9(2)12(3,4)5/h9H,6-8H2,1-5H3,(H,13,14,15). The number of aryl methyl sites for hydroxylation is 1. The molecule has 1 aromatic rings. The SMILES string of the molecule is CCCc1nsc(NCC(C)C(C)(C)C)n1. The summed E-state index contributed by atoms with van der Waals surface area (Å²) in [4.78, 5) is 4.45. The van der Waals surface area contributed by atoms with Gasteiger partial charge in [-0.05, 0) is 17.8 Å². The molecule has 1 unspecified atom stereocenters. The molecule has 1 aromatic heterocycles. The van der Waals surface area contributed by atoms with Crippen molar-refractivity contribution in [2.75, 3.05) is 11.9 Å². The van der Waals surface area contributed by atoms with Gasteiger partial charge in [0.15, 0.2) is 0 Å². The van der Waals surface area contributed by atoms with Gasteiger partial charge >= 0.3 is 0 Å². The van der Waals surface area contributed by atoms with Gasteiger partial charge in [0.25, 0.3) is 0 Å². The summed E-state index contributed by atoms with van der Waals surface area (Å²) in [5, 5.41) is 4.33. The van der Waals surface area contributed by atoms with E-state index in [1.807, 2.05) is 0 Å². The van der Waals surface area contributed by atoms with Crippen molar-refractivity contribution in [3.05, 3.63) is 5.82 Å². The quantitative estimate of drug-likeness (QED) is 0.856. The van der Waals surface area contributed by atoms with Crippen LogP contribution in [0.15, 0.2) is 0 Å². The Morgan fingerprint density at radius 3 is 2.62 bits per heavy atom. The summed E-state index contributed by atoms with van der Waals surface area (Å²) in [6.07, 6.45) is 2.08. The molecular formula is C12H23N3S. The molecule has 0 bridgehead atoms. The van der Waals surface area contributed by atoms with Gasteiger partial charge in [0.05, 0.1) is 0 Å². The van der Waals surface area contributed by atoms with Crippen molar-refractivity contribution in [3.63, 3.8) is 0 Å². The maximum atomic E-state index is 4.45. The van der Waals surface area contributed by atoms with E-state index in [9.17, 15) is 0 Å². The molecule has 1 N–H and O–H groups in total. The summed E-state index contributed by atoms with van der Waals surface area (Å²) in [5.74, 6) is 1.59. The van der Waals surface area contributed by atoms with Crippen LogP contribution in [0.4, 0.5) is 5.13 Å². The van der Waals surface area contributed by atoms with Crippen LogP contribution in [-0.4, -0.2) is 15.9 Å². The van der Waals surface area contributed by atoms with E-state index in [1.54, 1.807) is 0 Å². The summed E-state index contributed by atoms with van der Waals surface area (Å²) < 4.78 is 4.31. The fraction of sp³-hybridized carbons (Fsp3) is 0.833. The first-order valence-electron chi connectivity index (χ1n) is 6.00. The van der Waals surface area contributed by atoms with Crippen molar-refractivity contribution >= 4 is 16.7 Å². The van der Waals surface area contributed by atoms with Gasteiger partial charge in [-0.1, -0.05) is 34.6 Å². The molecule has 0 radical (unpaired) electrons. The van der Waals surface area contributed by atoms with Gasteiger partial charge in [0, 0.05) is 24.5 Å². The first kappa shape index (κ1) is 13.4. The zero-order valence-electron chi connectivity index (χ0n) is 11.0. The Morgan fingerprint density at radius 2 is 2.06 bits per heavy atom. The van der Waals surface area contributed by atoms with Crippen molar-refractivity contribution in [1.29, 1.82) is 0 Å². The highest BCUT2D eigenvalue weighted by atomic mass is 32.1. The van der Waals surface area contributed by atoms with Crippen molar-refractivity contribution in [2.24, 2.45) is 11.3 Å². The number of anilines is 1. The Hall–Kier alpha value is -0.640. The molecule has 0 saturated carbocycles. The lowest BCUT2D eigenvalue weighted by Crippen LogP contribution is -2.24. The second-order valence-electron chi connectivity index (χ2n) is 5.41. The zero-order chi connectivity index (χ0) is 12.2. The van der Waals surface area contributed by atoms with Gasteiger partial charge in [0.1, 0.15) is 5.82 Å². The molecule has 0 amide bonds. The molecule has 92 valence electrons. The predicted octanol–water partition coefficient (Wildman–Crippen LogP) is 3.58. The second kappa shape index (κ2) is 5.62. The number of aromatic nitrogens is 2. The van der Waals surface area contributed by atoms with Crippen LogP contribution >= 0.6 is 11.5 Å². The van der Waals surface area contributed by atoms with E-state index in [0.717, 1.165) is 30.3 Å². The number of rotatable bonds is 5. The van der Waals surface area contributed by atoms with E-state index in [1.165, 1.54) is 11.5 Å². The Labute approximate surface area is 103 Å². The molecule has 1 heterocycles. The third-order valence-corrected chi connectivity index (χ3v) is 3.69. The van der Waals surface area contributed by atoms with E-state index < -0.39 is 0 Å². The lowest BCUT2D eigenvalue weighted by molar-refractivity contribution is 0.274. The lowest BCUT2D eigenvalue weighted by atomic mass is 9.82. The topological polar surface area (TPSA) is 37.8 Å². The summed E-state index contributed by atoms with van der Waals surface area (Å²) >= 11 is 1.47. The summed E-state index contributed by atoms with van der Waals surface area (Å²) in [5.41, 5.74) is 0.337. The third-order valence-electron chi connectivity index (χ3n) is 2.98. The molecule has 0 aromatic carbocycles. The molecule has 0 aliphatic heterocycles. The average molecular weight is 241 g/mol. The molecule has 0 aliphatic rings. The van der Waals surface area contributed by atoms with Crippen LogP contribution in [0.25, 0.3) is 0 Å². The fourth-order valence-electron chi connectivity index (χ4n) is 1.20. The molecule has 0 spiro atoms. The molecule has 0 aliphatic carbocycles. The molecule has 4 heteroatoms. The van der Waals surface area contributed by atoms with Crippen molar-refractivity contribution in [3.8, 4) is 0 Å². The minimum Gasteiger partial charge on any atom is -0.360 e. The minimum atomic E-state index is 0.337. The number of hydrogen-bond acceptors (Lipinski definition) is 4. The summed E-state index contributed by atoms with van der Waals surface area (Å²) in [6.45, 7) is 12.2. The van der Waals surface area contributed by atoms with Gasteiger partial charge in [0.2, 0.25) is 5.13 Å². The largest absolute Gasteiger partial charge is 0.360 e. The van der Waals surface area contributed by atoms with E-state index in [4.69, 9.17) is 0 Å². The molecule has 3 nitrogen and oxygen atoms in total. The maximum absolute atomic E-state index is 4.45. The first-order valence-corrected chi connectivity index (χ1v) is 6.77. The normalized spacial score (nSPS) is 13.8. The molecule has 0 fully saturated rings. The van der Waals surface area contributed by atoms with Crippen LogP contribution < -0.4 is 5.32 Å². The van der Waals surface area contributed by atoms with Crippen molar-refractivity contribution < 1.29 is 0 Å². The minimum absolute atomic E-state index is 0.337. The monoisotopic (exact) mass is 241 g/mol. The second-order valence-corrected chi connectivity index (χ2v) is 6.17. The summed E-state index contributed by atoms with van der Waals surface area (Å²) in [6, 6.07) is 0. The van der Waals surface area contributed by atoms with Crippen LogP contribution in [0, 0.1) is 11.3 Å². The molecule has 1 atom stereocenters. The highest BCUT2D eigenvalue weighted by molar-refractivity contribution is 7.09. The van der Waals surface area contributed by atoms with Crippen LogP contribution in [0.3, 0.4) is 0 Å². The maximum Gasteiger partial charge on any atom is 0.202 e. The smallest absolute Gasteiger partial charge is 0.202 e. The van der Waals surface area contributed by atoms with Gasteiger partial charge in [-0.3, -0.25) is 0 Å². The zero-order valence-corrected chi connectivity index (χ0v) is 11.8. The van der Waals surface area contributed by atoms with Crippen molar-refractivity contribution in [1.82, 2.24) is 9.36 Å². The van der Waals surface area contributed by atoms with Crippen LogP contribution in [0.1, 0.15) is 46.9 Å². The molecule has 16 heavy (non-hydrogen) atoms. The van der Waals surface area contributed by atoms with Gasteiger partial charge < -0.3 is 5.32 Å². The lowest BCUT2D eigenvalue weighted by Gasteiger charge is -2.27. The highest BCUT2D eigenvalue weighted by Gasteiger charge is 2.19. The molecular weight excluding hydrogens is 218 g/mol. The first-order chi connectivity index (χ1) is 7.43. The molecule has 0 saturated heterocycles. The van der Waals surface area contributed by atoms with E-state index in [0.29, 0.717) is 11.3 Å². The molecule has 1 rings (SSSR count). The third kappa shape index (κ3) is 4.08. The van der Waals surface area contributed by atoms with Crippen LogP contribution in [0.2, 0.25) is 0 Å². The van der Waals surface area contributed by atoms with E-state index >= 15 is 0 Å². The predicted molar refractivity (Wildman–Crippen MR) is 71.0 cm³/mol. The number of hydrogen-bond donors (Lipinski definition) is 1. The van der Waals surface area contributed by atoms with Gasteiger partial charge in [-0.15, -0.1) is 0 Å². The average Bonchev–Trinajstić information content (AvgIpc) is 2.61.